The van der Waals surface area contributed by atoms with Crippen LogP contribution >= 0.6 is 12.4 Å². The Bertz CT molecular complexity index is 1200. The van der Waals surface area contributed by atoms with Crippen LogP contribution in [0.2, 0.25) is 0 Å². The minimum Gasteiger partial charge on any atom is -0.217 e. The third-order valence-corrected chi connectivity index (χ3v) is 5.54. The largest absolute Gasteiger partial charge is 0.253 e. The summed E-state index contributed by atoms with van der Waals surface area (Å²) in [7, 11) is -3.75. The van der Waals surface area contributed by atoms with E-state index in [1.54, 1.807) is 32.0 Å². The third-order valence-electron chi connectivity index (χ3n) is 3.82. The molecule has 0 amide bonds. The molecule has 0 bridgehead atoms. The molecule has 2 aromatic carbocycles. The maximum atomic E-state index is 13.1. The van der Waals surface area contributed by atoms with Crippen LogP contribution < -0.4 is 0 Å². The first kappa shape index (κ1) is 17.3. The highest BCUT2D eigenvalue weighted by Crippen LogP contribution is 2.25. The van der Waals surface area contributed by atoms with Gasteiger partial charge in [-0.25, -0.2) is 13.4 Å². The number of halogens is 1. The fraction of sp³-hybridized carbons (Fsp3) is 0.118. The molecule has 6 nitrogen and oxygen atoms in total. The molecule has 0 atom stereocenters. The van der Waals surface area contributed by atoms with Gasteiger partial charge in [0.15, 0.2) is 5.03 Å². The lowest BCUT2D eigenvalue weighted by Gasteiger charge is -2.08. The van der Waals surface area contributed by atoms with Gasteiger partial charge in [0.05, 0.1) is 4.90 Å². The lowest BCUT2D eigenvalue weighted by Crippen LogP contribution is -2.10. The summed E-state index contributed by atoms with van der Waals surface area (Å²) in [5.74, 6) is 0.759. The van der Waals surface area contributed by atoms with Crippen molar-refractivity contribution >= 4 is 38.8 Å². The molecule has 0 saturated heterocycles. The fourth-order valence-corrected chi connectivity index (χ4v) is 4.15. The highest BCUT2D eigenvalue weighted by Gasteiger charge is 2.23. The first-order valence-corrected chi connectivity index (χ1v) is 8.88. The summed E-state index contributed by atoms with van der Waals surface area (Å²) in [6, 6.07) is 14.3. The lowest BCUT2D eigenvalue weighted by atomic mass is 10.1. The van der Waals surface area contributed by atoms with Crippen molar-refractivity contribution in [2.75, 3.05) is 0 Å². The van der Waals surface area contributed by atoms with Gasteiger partial charge in [0.1, 0.15) is 5.82 Å². The molecule has 2 heterocycles. The first-order chi connectivity index (χ1) is 11.4. The maximum absolute atomic E-state index is 13.1. The van der Waals surface area contributed by atoms with Gasteiger partial charge in [-0.2, -0.15) is 9.50 Å². The van der Waals surface area contributed by atoms with Crippen molar-refractivity contribution in [1.82, 2.24) is 19.6 Å². The van der Waals surface area contributed by atoms with Gasteiger partial charge in [0.25, 0.3) is 5.78 Å². The third kappa shape index (κ3) is 2.85. The summed E-state index contributed by atoms with van der Waals surface area (Å²) >= 11 is 0. The van der Waals surface area contributed by atoms with Crippen molar-refractivity contribution in [2.24, 2.45) is 0 Å². The van der Waals surface area contributed by atoms with Gasteiger partial charge >= 0.3 is 0 Å². The van der Waals surface area contributed by atoms with Gasteiger partial charge < -0.3 is 0 Å². The topological polar surface area (TPSA) is 77.2 Å². The Hall–Kier alpha value is -2.51. The number of sulfone groups is 1. The zero-order chi connectivity index (χ0) is 16.9. The highest BCUT2D eigenvalue weighted by atomic mass is 35.5. The fourth-order valence-electron chi connectivity index (χ4n) is 2.70. The van der Waals surface area contributed by atoms with Crippen molar-refractivity contribution in [3.05, 3.63) is 60.0 Å². The van der Waals surface area contributed by atoms with Crippen LogP contribution in [0.25, 0.3) is 16.6 Å². The molecule has 0 aliphatic rings. The molecular formula is C17H15ClN4O2S. The molecular weight excluding hydrogens is 360 g/mol. The molecule has 0 N–H and O–H groups in total. The van der Waals surface area contributed by atoms with Crippen molar-refractivity contribution in [1.29, 1.82) is 0 Å². The van der Waals surface area contributed by atoms with Crippen LogP contribution in [0.1, 0.15) is 11.5 Å². The van der Waals surface area contributed by atoms with E-state index in [2.05, 4.69) is 15.1 Å². The molecule has 4 aromatic rings. The van der Waals surface area contributed by atoms with Gasteiger partial charge in [-0.05, 0) is 42.8 Å². The van der Waals surface area contributed by atoms with E-state index in [-0.39, 0.29) is 28.1 Å². The predicted molar refractivity (Wildman–Crippen MR) is 96.9 cm³/mol. The molecule has 4 rings (SSSR count). The molecule has 0 radical (unpaired) electrons. The van der Waals surface area contributed by atoms with Gasteiger partial charge in [-0.3, -0.25) is 0 Å². The number of aromatic nitrogens is 4. The number of hydrogen-bond acceptors (Lipinski definition) is 5. The average molecular weight is 375 g/mol. The molecule has 0 unspecified atom stereocenters. The standard InChI is InChI=1S/C17H14N4O2S.ClH/c1-11-9-16(21-17(18-11)19-12(2)20-21)24(22,23)15-8-7-13-5-3-4-6-14(13)10-15;/h3-10H,1-2H3;1H. The van der Waals surface area contributed by atoms with Gasteiger partial charge in [0, 0.05) is 5.69 Å². The van der Waals surface area contributed by atoms with E-state index in [0.717, 1.165) is 10.8 Å². The Kier molecular flexibility index (Phi) is 4.22. The minimum absolute atomic E-state index is 0. The van der Waals surface area contributed by atoms with Crippen LogP contribution in [0.5, 0.6) is 0 Å². The summed E-state index contributed by atoms with van der Waals surface area (Å²) in [4.78, 5) is 8.63. The van der Waals surface area contributed by atoms with Crippen LogP contribution in [0.15, 0.2) is 58.5 Å². The Balaban J connectivity index is 0.00000182. The Labute approximate surface area is 150 Å². The molecule has 0 aliphatic heterocycles. The van der Waals surface area contributed by atoms with E-state index in [1.807, 2.05) is 24.3 Å². The monoisotopic (exact) mass is 374 g/mol. The number of hydrogen-bond donors (Lipinski definition) is 0. The molecule has 2 aromatic heterocycles. The average Bonchev–Trinajstić information content (AvgIpc) is 2.93. The van der Waals surface area contributed by atoms with E-state index in [9.17, 15) is 8.42 Å². The van der Waals surface area contributed by atoms with E-state index >= 15 is 0 Å². The van der Waals surface area contributed by atoms with Crippen LogP contribution in [-0.2, 0) is 9.84 Å². The number of benzene rings is 2. The normalized spacial score (nSPS) is 11.6. The van der Waals surface area contributed by atoms with Gasteiger partial charge in [-0.1, -0.05) is 30.3 Å². The molecule has 25 heavy (non-hydrogen) atoms. The summed E-state index contributed by atoms with van der Waals surface area (Å²) in [6.07, 6.45) is 0. The molecule has 0 spiro atoms. The second-order valence-electron chi connectivity index (χ2n) is 5.62. The van der Waals surface area contributed by atoms with Crippen molar-refractivity contribution in [2.45, 2.75) is 23.8 Å². The Morgan fingerprint density at radius 3 is 2.40 bits per heavy atom. The van der Waals surface area contributed by atoms with Crippen molar-refractivity contribution < 1.29 is 8.42 Å². The predicted octanol–water partition coefficient (Wildman–Crippen LogP) is 3.15. The number of aryl methyl sites for hydroxylation is 2. The molecule has 8 heteroatoms. The summed E-state index contributed by atoms with van der Waals surface area (Å²) in [5, 5.41) is 6.10. The minimum atomic E-state index is -3.75. The van der Waals surface area contributed by atoms with Crippen LogP contribution in [0.4, 0.5) is 0 Å². The quantitative estimate of drug-likeness (QED) is 0.504. The summed E-state index contributed by atoms with van der Waals surface area (Å²) in [6.45, 7) is 3.44. The zero-order valence-electron chi connectivity index (χ0n) is 13.5. The van der Waals surface area contributed by atoms with E-state index in [1.165, 1.54) is 10.6 Å². The smallest absolute Gasteiger partial charge is 0.217 e. The first-order valence-electron chi connectivity index (χ1n) is 7.40. The molecule has 0 fully saturated rings. The van der Waals surface area contributed by atoms with Gasteiger partial charge in [0.2, 0.25) is 9.84 Å². The second-order valence-corrected chi connectivity index (χ2v) is 7.52. The van der Waals surface area contributed by atoms with E-state index < -0.39 is 9.84 Å². The molecule has 0 aliphatic carbocycles. The number of rotatable bonds is 2. The van der Waals surface area contributed by atoms with Crippen molar-refractivity contribution in [3.8, 4) is 0 Å². The second kappa shape index (κ2) is 6.09. The van der Waals surface area contributed by atoms with Crippen molar-refractivity contribution in [3.63, 3.8) is 0 Å². The van der Waals surface area contributed by atoms with Crippen LogP contribution in [-0.4, -0.2) is 28.0 Å². The number of nitrogens with zero attached hydrogens (tertiary/aromatic N) is 4. The Morgan fingerprint density at radius 2 is 1.64 bits per heavy atom. The van der Waals surface area contributed by atoms with Gasteiger partial charge in [-0.15, -0.1) is 17.5 Å². The summed E-state index contributed by atoms with van der Waals surface area (Å²) in [5.41, 5.74) is 0.578. The number of fused-ring (bicyclic) bond motifs is 2. The maximum Gasteiger partial charge on any atom is 0.253 e. The van der Waals surface area contributed by atoms with E-state index in [0.29, 0.717) is 11.5 Å². The SMILES string of the molecule is Cc1cc(S(=O)(=O)c2ccc3ccccc3c2)n2nc(C)nc2n1.Cl. The van der Waals surface area contributed by atoms with Crippen LogP contribution in [0.3, 0.4) is 0 Å². The lowest BCUT2D eigenvalue weighted by molar-refractivity contribution is 0.586. The molecule has 128 valence electrons. The van der Waals surface area contributed by atoms with Crippen LogP contribution in [0, 0.1) is 13.8 Å². The van der Waals surface area contributed by atoms with E-state index in [4.69, 9.17) is 0 Å². The zero-order valence-corrected chi connectivity index (χ0v) is 15.2. The highest BCUT2D eigenvalue weighted by molar-refractivity contribution is 7.91. The molecule has 0 saturated carbocycles. The Morgan fingerprint density at radius 1 is 0.920 bits per heavy atom. The summed E-state index contributed by atoms with van der Waals surface area (Å²) < 4.78 is 27.6.